The van der Waals surface area contributed by atoms with Gasteiger partial charge in [0.05, 0.1) is 18.5 Å². The summed E-state index contributed by atoms with van der Waals surface area (Å²) in [6.45, 7) is 4.33. The second kappa shape index (κ2) is 9.12. The smallest absolute Gasteiger partial charge is 0.267 e. The van der Waals surface area contributed by atoms with E-state index >= 15 is 0 Å². The van der Waals surface area contributed by atoms with Gasteiger partial charge >= 0.3 is 0 Å². The summed E-state index contributed by atoms with van der Waals surface area (Å²) in [4.78, 5) is 27.2. The molecule has 2 aromatic rings. The lowest BCUT2D eigenvalue weighted by atomic mass is 10.2. The zero-order valence-electron chi connectivity index (χ0n) is 14.6. The van der Waals surface area contributed by atoms with Crippen LogP contribution in [-0.2, 0) is 11.2 Å². The number of carbonyl (C=O) groups is 2. The normalized spacial score (nSPS) is 10.4. The molecule has 8 heteroatoms. The molecule has 0 atom stereocenters. The van der Waals surface area contributed by atoms with Crippen LogP contribution in [0.5, 0.6) is 5.75 Å². The number of aryl methyl sites for hydroxylation is 1. The second-order valence-corrected chi connectivity index (χ2v) is 6.13. The second-order valence-electron chi connectivity index (χ2n) is 5.38. The van der Waals surface area contributed by atoms with Crippen molar-refractivity contribution in [2.45, 2.75) is 26.7 Å². The minimum absolute atomic E-state index is 0.0359. The summed E-state index contributed by atoms with van der Waals surface area (Å²) in [5.41, 5.74) is 1.24. The third-order valence-corrected chi connectivity index (χ3v) is 4.34. The highest BCUT2D eigenvalue weighted by Gasteiger charge is 2.23. The van der Waals surface area contributed by atoms with Crippen molar-refractivity contribution in [1.82, 2.24) is 14.5 Å². The van der Waals surface area contributed by atoms with Gasteiger partial charge in [-0.1, -0.05) is 30.5 Å². The van der Waals surface area contributed by atoms with Crippen molar-refractivity contribution in [1.29, 1.82) is 0 Å². The van der Waals surface area contributed by atoms with Gasteiger partial charge in [0.25, 0.3) is 5.91 Å². The number of nitrogens with zero attached hydrogens (tertiary/aromatic N) is 3. The Bertz CT molecular complexity index is 732. The molecule has 1 heterocycles. The van der Waals surface area contributed by atoms with Gasteiger partial charge in [-0.15, -0.1) is 5.10 Å². The van der Waals surface area contributed by atoms with Crippen LogP contribution in [0.2, 0.25) is 0 Å². The fraction of sp³-hybridized carbons (Fsp3) is 0.412. The first kappa shape index (κ1) is 18.9. The number of hydrogen-bond acceptors (Lipinski definition) is 6. The lowest BCUT2D eigenvalue weighted by Gasteiger charge is -2.21. The predicted octanol–water partition coefficient (Wildman–Crippen LogP) is 2.60. The highest BCUT2D eigenvalue weighted by molar-refractivity contribution is 7.08. The maximum absolute atomic E-state index is 12.7. The van der Waals surface area contributed by atoms with Crippen molar-refractivity contribution >= 4 is 29.0 Å². The first-order valence-corrected chi connectivity index (χ1v) is 8.91. The topological polar surface area (TPSA) is 84.4 Å². The van der Waals surface area contributed by atoms with Crippen molar-refractivity contribution in [3.8, 4) is 5.75 Å². The first-order valence-electron chi connectivity index (χ1n) is 8.14. The zero-order valence-corrected chi connectivity index (χ0v) is 15.4. The maximum atomic E-state index is 12.7. The van der Waals surface area contributed by atoms with Gasteiger partial charge < -0.3 is 15.0 Å². The van der Waals surface area contributed by atoms with E-state index in [9.17, 15) is 9.59 Å². The lowest BCUT2D eigenvalue weighted by molar-refractivity contribution is -0.116. The SMILES string of the molecule is CCCN(CC(=O)Nc1ccccc1OC)C(=O)c1snnc1CC. The van der Waals surface area contributed by atoms with E-state index in [0.29, 0.717) is 35.0 Å². The molecule has 0 bridgehead atoms. The van der Waals surface area contributed by atoms with Crippen molar-refractivity contribution < 1.29 is 14.3 Å². The molecule has 0 fully saturated rings. The number of nitrogens with one attached hydrogen (secondary N) is 1. The molecular weight excluding hydrogens is 340 g/mol. The molecule has 2 amide bonds. The quantitative estimate of drug-likeness (QED) is 0.780. The molecule has 0 spiro atoms. The number of carbonyl (C=O) groups excluding carboxylic acids is 2. The average molecular weight is 362 g/mol. The molecule has 7 nitrogen and oxygen atoms in total. The maximum Gasteiger partial charge on any atom is 0.267 e. The van der Waals surface area contributed by atoms with E-state index in [1.807, 2.05) is 26.0 Å². The van der Waals surface area contributed by atoms with Crippen LogP contribution in [0.3, 0.4) is 0 Å². The molecule has 0 aliphatic heterocycles. The number of hydrogen-bond donors (Lipinski definition) is 1. The minimum Gasteiger partial charge on any atom is -0.495 e. The van der Waals surface area contributed by atoms with Gasteiger partial charge in [-0.05, 0) is 36.5 Å². The summed E-state index contributed by atoms with van der Waals surface area (Å²) in [5, 5.41) is 6.77. The van der Waals surface area contributed by atoms with Crippen LogP contribution in [0.4, 0.5) is 5.69 Å². The van der Waals surface area contributed by atoms with E-state index in [4.69, 9.17) is 4.74 Å². The summed E-state index contributed by atoms with van der Waals surface area (Å²) in [7, 11) is 1.54. The number of ether oxygens (including phenoxy) is 1. The third-order valence-electron chi connectivity index (χ3n) is 3.58. The van der Waals surface area contributed by atoms with Gasteiger partial charge in [-0.2, -0.15) is 0 Å². The zero-order chi connectivity index (χ0) is 18.2. The van der Waals surface area contributed by atoms with Gasteiger partial charge in [0.2, 0.25) is 5.91 Å². The Hall–Kier alpha value is -2.48. The fourth-order valence-electron chi connectivity index (χ4n) is 2.38. The van der Waals surface area contributed by atoms with Crippen molar-refractivity contribution in [2.75, 3.05) is 25.5 Å². The van der Waals surface area contributed by atoms with Crippen LogP contribution < -0.4 is 10.1 Å². The van der Waals surface area contributed by atoms with E-state index < -0.39 is 0 Å². The summed E-state index contributed by atoms with van der Waals surface area (Å²) in [6.07, 6.45) is 1.38. The molecule has 1 N–H and O–H groups in total. The Morgan fingerprint density at radius 3 is 2.72 bits per heavy atom. The highest BCUT2D eigenvalue weighted by atomic mass is 32.1. The van der Waals surface area contributed by atoms with Crippen LogP contribution in [0.1, 0.15) is 35.6 Å². The minimum atomic E-state index is -0.276. The average Bonchev–Trinajstić information content (AvgIpc) is 3.10. The first-order chi connectivity index (χ1) is 12.1. The Balaban J connectivity index is 2.10. The molecule has 0 saturated carbocycles. The van der Waals surface area contributed by atoms with Gasteiger partial charge in [0.1, 0.15) is 17.2 Å². The Kier molecular flexibility index (Phi) is 6.88. The number of para-hydroxylation sites is 2. The number of anilines is 1. The van der Waals surface area contributed by atoms with E-state index in [1.54, 1.807) is 19.2 Å². The van der Waals surface area contributed by atoms with E-state index in [0.717, 1.165) is 18.0 Å². The molecule has 0 unspecified atom stereocenters. The van der Waals surface area contributed by atoms with E-state index in [1.165, 1.54) is 4.90 Å². The van der Waals surface area contributed by atoms with Crippen LogP contribution >= 0.6 is 11.5 Å². The molecule has 0 aliphatic rings. The van der Waals surface area contributed by atoms with Crippen molar-refractivity contribution in [3.05, 3.63) is 34.8 Å². The number of methoxy groups -OCH3 is 1. The molecule has 0 saturated heterocycles. The van der Waals surface area contributed by atoms with Crippen LogP contribution in [0.25, 0.3) is 0 Å². The fourth-order valence-corrected chi connectivity index (χ4v) is 3.10. The molecular formula is C17H22N4O3S. The molecule has 0 radical (unpaired) electrons. The van der Waals surface area contributed by atoms with E-state index in [2.05, 4.69) is 14.9 Å². The molecule has 0 aliphatic carbocycles. The molecule has 134 valence electrons. The summed E-state index contributed by atoms with van der Waals surface area (Å²) < 4.78 is 9.08. The number of aromatic nitrogens is 2. The van der Waals surface area contributed by atoms with Crippen LogP contribution in [0, 0.1) is 0 Å². The Morgan fingerprint density at radius 1 is 1.28 bits per heavy atom. The van der Waals surface area contributed by atoms with Crippen molar-refractivity contribution in [3.63, 3.8) is 0 Å². The largest absolute Gasteiger partial charge is 0.495 e. The third kappa shape index (κ3) is 4.76. The Labute approximate surface area is 151 Å². The Morgan fingerprint density at radius 2 is 2.04 bits per heavy atom. The van der Waals surface area contributed by atoms with Crippen molar-refractivity contribution in [2.24, 2.45) is 0 Å². The molecule has 25 heavy (non-hydrogen) atoms. The molecule has 1 aromatic carbocycles. The van der Waals surface area contributed by atoms with Gasteiger partial charge in [0.15, 0.2) is 0 Å². The summed E-state index contributed by atoms with van der Waals surface area (Å²) >= 11 is 1.07. The summed E-state index contributed by atoms with van der Waals surface area (Å²) in [5.74, 6) is 0.0924. The monoisotopic (exact) mass is 362 g/mol. The number of benzene rings is 1. The van der Waals surface area contributed by atoms with Crippen LogP contribution in [0.15, 0.2) is 24.3 Å². The molecule has 2 rings (SSSR count). The van der Waals surface area contributed by atoms with Gasteiger partial charge in [0, 0.05) is 6.54 Å². The lowest BCUT2D eigenvalue weighted by Crippen LogP contribution is -2.38. The van der Waals surface area contributed by atoms with E-state index in [-0.39, 0.29) is 18.4 Å². The predicted molar refractivity (Wildman–Crippen MR) is 97.1 cm³/mol. The van der Waals surface area contributed by atoms with Gasteiger partial charge in [-0.3, -0.25) is 9.59 Å². The summed E-state index contributed by atoms with van der Waals surface area (Å²) in [6, 6.07) is 7.15. The standard InChI is InChI=1S/C17H22N4O3S/c1-4-10-21(17(23)16-12(5-2)19-20-25-16)11-15(22)18-13-8-6-7-9-14(13)24-3/h6-9H,4-5,10-11H2,1-3H3,(H,18,22). The van der Waals surface area contributed by atoms with Crippen LogP contribution in [-0.4, -0.2) is 46.5 Å². The highest BCUT2D eigenvalue weighted by Crippen LogP contribution is 2.23. The number of rotatable bonds is 8. The number of amides is 2. The molecule has 1 aromatic heterocycles. The van der Waals surface area contributed by atoms with Gasteiger partial charge in [-0.25, -0.2) is 0 Å².